The van der Waals surface area contributed by atoms with Crippen LogP contribution in [0.3, 0.4) is 0 Å². The average molecular weight is 539 g/mol. The van der Waals surface area contributed by atoms with Crippen molar-refractivity contribution in [2.75, 3.05) is 49.7 Å². The van der Waals surface area contributed by atoms with E-state index in [1.807, 2.05) is 24.3 Å². The lowest BCUT2D eigenvalue weighted by Gasteiger charge is -2.28. The zero-order valence-corrected chi connectivity index (χ0v) is 21.5. The van der Waals surface area contributed by atoms with Gasteiger partial charge in [-0.2, -0.15) is 10.1 Å². The third kappa shape index (κ3) is 6.83. The average Bonchev–Trinajstić information content (AvgIpc) is 3.42. The fourth-order valence-corrected chi connectivity index (χ4v) is 4.54. The SMILES string of the molecule is O=C(c1ccc(F)cc1)N1CCC(OCc2cc(N3CCOCC3)nc(N/N=C/c3cccc(Cl)c3)n2)C1. The van der Waals surface area contributed by atoms with Crippen molar-refractivity contribution in [3.05, 3.63) is 82.3 Å². The number of rotatable bonds is 8. The molecule has 5 rings (SSSR count). The van der Waals surface area contributed by atoms with Gasteiger partial charge in [0.05, 0.1) is 37.8 Å². The smallest absolute Gasteiger partial charge is 0.253 e. The number of aromatic nitrogens is 2. The zero-order chi connectivity index (χ0) is 26.3. The molecule has 0 spiro atoms. The predicted molar refractivity (Wildman–Crippen MR) is 143 cm³/mol. The van der Waals surface area contributed by atoms with Gasteiger partial charge in [-0.1, -0.05) is 23.7 Å². The number of hydrogen-bond donors (Lipinski definition) is 1. The number of hydrazone groups is 1. The molecule has 0 saturated carbocycles. The fourth-order valence-electron chi connectivity index (χ4n) is 4.34. The molecule has 1 unspecified atom stereocenters. The molecule has 2 saturated heterocycles. The molecule has 1 aromatic heterocycles. The van der Waals surface area contributed by atoms with Gasteiger partial charge in [0.1, 0.15) is 11.6 Å². The first-order chi connectivity index (χ1) is 18.5. The Morgan fingerprint density at radius 3 is 2.76 bits per heavy atom. The van der Waals surface area contributed by atoms with E-state index in [1.54, 1.807) is 17.2 Å². The molecule has 1 atom stereocenters. The van der Waals surface area contributed by atoms with Gasteiger partial charge in [0.15, 0.2) is 0 Å². The minimum absolute atomic E-state index is 0.126. The van der Waals surface area contributed by atoms with Crippen LogP contribution >= 0.6 is 11.6 Å². The number of ether oxygens (including phenoxy) is 2. The first kappa shape index (κ1) is 26.0. The van der Waals surface area contributed by atoms with E-state index < -0.39 is 0 Å². The van der Waals surface area contributed by atoms with E-state index in [1.165, 1.54) is 24.3 Å². The standard InChI is InChI=1S/C27H28ClFN6O3/c28-21-3-1-2-19(14-21)16-30-33-27-31-23(15-25(32-27)34-10-12-37-13-11-34)18-38-24-8-9-35(17-24)26(36)20-4-6-22(29)7-5-20/h1-7,14-16,24H,8-13,17-18H2,(H,31,32,33)/b30-16+. The Bertz CT molecular complexity index is 1290. The second-order valence-corrected chi connectivity index (χ2v) is 9.48. The monoisotopic (exact) mass is 538 g/mol. The molecule has 38 heavy (non-hydrogen) atoms. The van der Waals surface area contributed by atoms with Crippen molar-refractivity contribution in [1.29, 1.82) is 0 Å². The topological polar surface area (TPSA) is 92.2 Å². The van der Waals surface area contributed by atoms with Gasteiger partial charge in [-0.3, -0.25) is 4.79 Å². The summed E-state index contributed by atoms with van der Waals surface area (Å²) >= 11 is 6.05. The maximum Gasteiger partial charge on any atom is 0.253 e. The molecule has 0 radical (unpaired) electrons. The third-order valence-electron chi connectivity index (χ3n) is 6.32. The molecule has 0 bridgehead atoms. The van der Waals surface area contributed by atoms with E-state index in [4.69, 9.17) is 21.1 Å². The number of benzene rings is 2. The van der Waals surface area contributed by atoms with Crippen LogP contribution in [-0.4, -0.2) is 72.5 Å². The number of nitrogens with one attached hydrogen (secondary N) is 1. The number of nitrogens with zero attached hydrogens (tertiary/aromatic N) is 5. The van der Waals surface area contributed by atoms with Crippen molar-refractivity contribution in [3.63, 3.8) is 0 Å². The number of carbonyl (C=O) groups is 1. The number of anilines is 2. The summed E-state index contributed by atoms with van der Waals surface area (Å²) in [5.74, 6) is 0.624. The number of amides is 1. The number of halogens is 2. The second kappa shape index (κ2) is 12.3. The lowest BCUT2D eigenvalue weighted by atomic mass is 10.2. The highest BCUT2D eigenvalue weighted by Gasteiger charge is 2.28. The van der Waals surface area contributed by atoms with Crippen molar-refractivity contribution in [2.45, 2.75) is 19.1 Å². The van der Waals surface area contributed by atoms with Crippen LogP contribution in [0.25, 0.3) is 0 Å². The van der Waals surface area contributed by atoms with Crippen molar-refractivity contribution < 1.29 is 18.7 Å². The maximum atomic E-state index is 13.2. The highest BCUT2D eigenvalue weighted by atomic mass is 35.5. The number of hydrogen-bond acceptors (Lipinski definition) is 8. The summed E-state index contributed by atoms with van der Waals surface area (Å²) in [5.41, 5.74) is 4.93. The Kier molecular flexibility index (Phi) is 8.42. The summed E-state index contributed by atoms with van der Waals surface area (Å²) in [6.45, 7) is 4.02. The molecule has 1 amide bonds. The lowest BCUT2D eigenvalue weighted by molar-refractivity contribution is 0.0422. The molecule has 198 valence electrons. The first-order valence-corrected chi connectivity index (χ1v) is 12.8. The van der Waals surface area contributed by atoms with E-state index in [0.29, 0.717) is 55.0 Å². The van der Waals surface area contributed by atoms with Gasteiger partial charge in [-0.15, -0.1) is 0 Å². The first-order valence-electron chi connectivity index (χ1n) is 12.5. The summed E-state index contributed by atoms with van der Waals surface area (Å²) in [6, 6.07) is 14.9. The molecule has 2 fully saturated rings. The second-order valence-electron chi connectivity index (χ2n) is 9.05. The third-order valence-corrected chi connectivity index (χ3v) is 6.55. The van der Waals surface area contributed by atoms with Crippen molar-refractivity contribution >= 4 is 35.5 Å². The molecule has 9 nitrogen and oxygen atoms in total. The zero-order valence-electron chi connectivity index (χ0n) is 20.7. The molecule has 3 aromatic rings. The minimum Gasteiger partial charge on any atom is -0.378 e. The number of carbonyl (C=O) groups excluding carboxylic acids is 1. The van der Waals surface area contributed by atoms with Crippen LogP contribution in [0, 0.1) is 5.82 Å². The Morgan fingerprint density at radius 2 is 1.97 bits per heavy atom. The summed E-state index contributed by atoms with van der Waals surface area (Å²) in [7, 11) is 0. The van der Waals surface area contributed by atoms with Crippen LogP contribution < -0.4 is 10.3 Å². The van der Waals surface area contributed by atoms with Gasteiger partial charge in [0.25, 0.3) is 5.91 Å². The van der Waals surface area contributed by atoms with Gasteiger partial charge < -0.3 is 19.3 Å². The number of morpholine rings is 1. The molecule has 11 heteroatoms. The van der Waals surface area contributed by atoms with E-state index in [2.05, 4.69) is 25.4 Å². The highest BCUT2D eigenvalue weighted by molar-refractivity contribution is 6.30. The van der Waals surface area contributed by atoms with E-state index in [9.17, 15) is 9.18 Å². The summed E-state index contributed by atoms with van der Waals surface area (Å²) < 4.78 is 24.8. The van der Waals surface area contributed by atoms with Crippen LogP contribution in [-0.2, 0) is 16.1 Å². The number of likely N-dealkylation sites (tertiary alicyclic amines) is 1. The lowest BCUT2D eigenvalue weighted by Crippen LogP contribution is -2.37. The van der Waals surface area contributed by atoms with Gasteiger partial charge in [-0.05, 0) is 48.4 Å². The Morgan fingerprint density at radius 1 is 1.16 bits per heavy atom. The Balaban J connectivity index is 1.24. The predicted octanol–water partition coefficient (Wildman–Crippen LogP) is 3.98. The molecule has 1 N–H and O–H groups in total. The van der Waals surface area contributed by atoms with Crippen molar-refractivity contribution in [2.24, 2.45) is 5.10 Å². The Labute approximate surface area is 225 Å². The molecular formula is C27H28ClFN6O3. The normalized spacial score (nSPS) is 17.8. The van der Waals surface area contributed by atoms with Gasteiger partial charge in [0, 0.05) is 42.8 Å². The van der Waals surface area contributed by atoms with Crippen molar-refractivity contribution in [1.82, 2.24) is 14.9 Å². The van der Waals surface area contributed by atoms with Crippen LogP contribution in [0.15, 0.2) is 59.7 Å². The fraction of sp³-hybridized carbons (Fsp3) is 0.333. The largest absolute Gasteiger partial charge is 0.378 e. The maximum absolute atomic E-state index is 13.2. The highest BCUT2D eigenvalue weighted by Crippen LogP contribution is 2.21. The van der Waals surface area contributed by atoms with E-state index in [0.717, 1.165) is 24.5 Å². The summed E-state index contributed by atoms with van der Waals surface area (Å²) in [4.78, 5) is 25.8. The van der Waals surface area contributed by atoms with Crippen molar-refractivity contribution in [3.8, 4) is 0 Å². The van der Waals surface area contributed by atoms with Gasteiger partial charge in [-0.25, -0.2) is 14.8 Å². The van der Waals surface area contributed by atoms with Gasteiger partial charge >= 0.3 is 0 Å². The minimum atomic E-state index is -0.366. The molecule has 0 aliphatic carbocycles. The van der Waals surface area contributed by atoms with Crippen LogP contribution in [0.5, 0.6) is 0 Å². The summed E-state index contributed by atoms with van der Waals surface area (Å²) in [6.07, 6.45) is 2.24. The molecule has 2 aliphatic rings. The quantitative estimate of drug-likeness (QED) is 0.342. The molecule has 2 aromatic carbocycles. The molecule has 2 aliphatic heterocycles. The molecular weight excluding hydrogens is 511 g/mol. The van der Waals surface area contributed by atoms with E-state index in [-0.39, 0.29) is 24.4 Å². The van der Waals surface area contributed by atoms with Crippen LogP contribution in [0.1, 0.15) is 28.0 Å². The van der Waals surface area contributed by atoms with Crippen LogP contribution in [0.2, 0.25) is 5.02 Å². The van der Waals surface area contributed by atoms with Crippen LogP contribution in [0.4, 0.5) is 16.2 Å². The molecule has 3 heterocycles. The van der Waals surface area contributed by atoms with Gasteiger partial charge in [0.2, 0.25) is 5.95 Å². The summed E-state index contributed by atoms with van der Waals surface area (Å²) in [5, 5.41) is 4.90. The Hall–Kier alpha value is -3.60. The van der Waals surface area contributed by atoms with E-state index >= 15 is 0 Å².